The molecule has 4 heteroatoms. The van der Waals surface area contributed by atoms with Crippen LogP contribution in [0.15, 0.2) is 0 Å². The molecule has 0 amide bonds. The normalized spacial score (nSPS) is 22.9. The van der Waals surface area contributed by atoms with Crippen LogP contribution in [-0.4, -0.2) is 73.9 Å². The minimum atomic E-state index is -0.0651. The van der Waals surface area contributed by atoms with Crippen molar-refractivity contribution in [2.24, 2.45) is 5.92 Å². The van der Waals surface area contributed by atoms with Gasteiger partial charge in [-0.05, 0) is 71.8 Å². The van der Waals surface area contributed by atoms with E-state index >= 15 is 0 Å². The summed E-state index contributed by atoms with van der Waals surface area (Å²) < 4.78 is 0. The standard InChI is InChI=1S/C17H37N3O/c1-5-10-18-17(6-2,15-21)9-7-11-19(3)13-16-8-12-20(4)14-16/h16,18,21H,5-15H2,1-4H3. The van der Waals surface area contributed by atoms with Crippen molar-refractivity contribution < 1.29 is 5.11 Å². The van der Waals surface area contributed by atoms with E-state index in [1.807, 2.05) is 0 Å². The topological polar surface area (TPSA) is 38.7 Å². The second-order valence-electron chi connectivity index (χ2n) is 7.00. The summed E-state index contributed by atoms with van der Waals surface area (Å²) in [5, 5.41) is 13.3. The molecule has 1 heterocycles. The number of rotatable bonds is 11. The first-order valence-electron chi connectivity index (χ1n) is 8.78. The number of aliphatic hydroxyl groups excluding tert-OH is 1. The molecule has 0 bridgehead atoms. The maximum atomic E-state index is 9.75. The number of nitrogens with zero attached hydrogens (tertiary/aromatic N) is 2. The van der Waals surface area contributed by atoms with Crippen molar-refractivity contribution in [3.8, 4) is 0 Å². The number of hydrogen-bond donors (Lipinski definition) is 2. The van der Waals surface area contributed by atoms with Gasteiger partial charge in [-0.1, -0.05) is 13.8 Å². The molecule has 0 aliphatic carbocycles. The first-order valence-corrected chi connectivity index (χ1v) is 8.78. The Kier molecular flexibility index (Phi) is 8.79. The van der Waals surface area contributed by atoms with Gasteiger partial charge in [0.25, 0.3) is 0 Å². The fourth-order valence-electron chi connectivity index (χ4n) is 3.42. The lowest BCUT2D eigenvalue weighted by Gasteiger charge is -2.33. The highest BCUT2D eigenvalue weighted by atomic mass is 16.3. The molecule has 2 N–H and O–H groups in total. The van der Waals surface area contributed by atoms with Gasteiger partial charge in [-0.2, -0.15) is 0 Å². The highest BCUT2D eigenvalue weighted by Gasteiger charge is 2.26. The van der Waals surface area contributed by atoms with Crippen LogP contribution >= 0.6 is 0 Å². The van der Waals surface area contributed by atoms with E-state index in [4.69, 9.17) is 0 Å². The third-order valence-corrected chi connectivity index (χ3v) is 4.98. The quantitative estimate of drug-likeness (QED) is 0.610. The number of likely N-dealkylation sites (tertiary alicyclic amines) is 1. The van der Waals surface area contributed by atoms with Gasteiger partial charge in [0.05, 0.1) is 6.61 Å². The summed E-state index contributed by atoms with van der Waals surface area (Å²) in [4.78, 5) is 4.91. The fourth-order valence-corrected chi connectivity index (χ4v) is 3.42. The lowest BCUT2D eigenvalue weighted by molar-refractivity contribution is 0.139. The van der Waals surface area contributed by atoms with Gasteiger partial charge in [-0.25, -0.2) is 0 Å². The van der Waals surface area contributed by atoms with Crippen molar-refractivity contribution in [1.82, 2.24) is 15.1 Å². The Morgan fingerprint density at radius 2 is 2.14 bits per heavy atom. The summed E-state index contributed by atoms with van der Waals surface area (Å²) >= 11 is 0. The van der Waals surface area contributed by atoms with Gasteiger partial charge in [0, 0.05) is 18.6 Å². The van der Waals surface area contributed by atoms with Gasteiger partial charge < -0.3 is 20.2 Å². The molecular weight excluding hydrogens is 262 g/mol. The molecular formula is C17H37N3O. The molecule has 126 valence electrons. The van der Waals surface area contributed by atoms with E-state index in [-0.39, 0.29) is 12.1 Å². The molecule has 0 aromatic carbocycles. The van der Waals surface area contributed by atoms with Crippen molar-refractivity contribution in [2.75, 3.05) is 53.4 Å². The second kappa shape index (κ2) is 9.78. The van der Waals surface area contributed by atoms with Crippen LogP contribution in [0.4, 0.5) is 0 Å². The molecule has 2 atom stereocenters. The third-order valence-electron chi connectivity index (χ3n) is 4.98. The average molecular weight is 300 g/mol. The molecule has 0 aromatic heterocycles. The second-order valence-corrected chi connectivity index (χ2v) is 7.00. The molecule has 21 heavy (non-hydrogen) atoms. The summed E-state index contributed by atoms with van der Waals surface area (Å²) in [7, 11) is 4.46. The molecule has 1 fully saturated rings. The van der Waals surface area contributed by atoms with E-state index in [1.54, 1.807) is 0 Å². The highest BCUT2D eigenvalue weighted by Crippen LogP contribution is 2.19. The van der Waals surface area contributed by atoms with E-state index in [9.17, 15) is 5.11 Å². The molecule has 1 rings (SSSR count). The Morgan fingerprint density at radius 3 is 2.67 bits per heavy atom. The van der Waals surface area contributed by atoms with Gasteiger partial charge in [-0.3, -0.25) is 0 Å². The summed E-state index contributed by atoms with van der Waals surface area (Å²) in [5.41, 5.74) is -0.0651. The largest absolute Gasteiger partial charge is 0.394 e. The first-order chi connectivity index (χ1) is 10.0. The van der Waals surface area contributed by atoms with E-state index in [0.717, 1.165) is 44.7 Å². The highest BCUT2D eigenvalue weighted by molar-refractivity contribution is 4.86. The Balaban J connectivity index is 2.25. The van der Waals surface area contributed by atoms with Gasteiger partial charge in [0.15, 0.2) is 0 Å². The minimum absolute atomic E-state index is 0.0651. The summed E-state index contributed by atoms with van der Waals surface area (Å²) in [6, 6.07) is 0. The van der Waals surface area contributed by atoms with Crippen LogP contribution in [0, 0.1) is 5.92 Å². The molecule has 0 spiro atoms. The van der Waals surface area contributed by atoms with Crippen LogP contribution in [0.5, 0.6) is 0 Å². The summed E-state index contributed by atoms with van der Waals surface area (Å²) in [6.45, 7) is 10.5. The van der Waals surface area contributed by atoms with Crippen LogP contribution in [-0.2, 0) is 0 Å². The van der Waals surface area contributed by atoms with Crippen LogP contribution in [0.3, 0.4) is 0 Å². The van der Waals surface area contributed by atoms with E-state index in [1.165, 1.54) is 26.1 Å². The molecule has 1 saturated heterocycles. The lowest BCUT2D eigenvalue weighted by atomic mass is 9.91. The molecule has 0 radical (unpaired) electrons. The van der Waals surface area contributed by atoms with Crippen molar-refractivity contribution in [3.63, 3.8) is 0 Å². The number of aliphatic hydroxyl groups is 1. The van der Waals surface area contributed by atoms with Crippen molar-refractivity contribution >= 4 is 0 Å². The monoisotopic (exact) mass is 299 g/mol. The van der Waals surface area contributed by atoms with Gasteiger partial charge in [0.1, 0.15) is 0 Å². The Labute approximate surface area is 131 Å². The zero-order chi connectivity index (χ0) is 15.7. The minimum Gasteiger partial charge on any atom is -0.394 e. The van der Waals surface area contributed by atoms with Gasteiger partial charge in [-0.15, -0.1) is 0 Å². The van der Waals surface area contributed by atoms with Crippen molar-refractivity contribution in [3.05, 3.63) is 0 Å². The zero-order valence-electron chi connectivity index (χ0n) is 14.7. The molecule has 0 saturated carbocycles. The van der Waals surface area contributed by atoms with Crippen LogP contribution in [0.25, 0.3) is 0 Å². The smallest absolute Gasteiger partial charge is 0.0613 e. The van der Waals surface area contributed by atoms with Crippen LogP contribution < -0.4 is 5.32 Å². The van der Waals surface area contributed by atoms with Gasteiger partial charge in [0.2, 0.25) is 0 Å². The third kappa shape index (κ3) is 6.64. The maximum absolute atomic E-state index is 9.75. The maximum Gasteiger partial charge on any atom is 0.0613 e. The zero-order valence-corrected chi connectivity index (χ0v) is 14.7. The van der Waals surface area contributed by atoms with Crippen molar-refractivity contribution in [2.45, 2.75) is 51.5 Å². The van der Waals surface area contributed by atoms with Crippen LogP contribution in [0.1, 0.15) is 46.0 Å². The number of nitrogens with one attached hydrogen (secondary N) is 1. The lowest BCUT2D eigenvalue weighted by Crippen LogP contribution is -2.48. The number of hydrogen-bond acceptors (Lipinski definition) is 4. The predicted molar refractivity (Wildman–Crippen MR) is 90.7 cm³/mol. The Hall–Kier alpha value is -0.160. The van der Waals surface area contributed by atoms with Crippen molar-refractivity contribution in [1.29, 1.82) is 0 Å². The first kappa shape index (κ1) is 18.9. The molecule has 4 nitrogen and oxygen atoms in total. The Morgan fingerprint density at radius 1 is 1.38 bits per heavy atom. The average Bonchev–Trinajstić information content (AvgIpc) is 2.88. The summed E-state index contributed by atoms with van der Waals surface area (Å²) in [5.74, 6) is 0.840. The summed E-state index contributed by atoms with van der Waals surface area (Å²) in [6.07, 6.45) is 5.69. The van der Waals surface area contributed by atoms with E-state index < -0.39 is 0 Å². The Bertz CT molecular complexity index is 269. The fraction of sp³-hybridized carbons (Fsp3) is 1.00. The molecule has 1 aliphatic heterocycles. The molecule has 1 aliphatic rings. The van der Waals surface area contributed by atoms with E-state index in [0.29, 0.717) is 0 Å². The molecule has 0 aromatic rings. The molecule has 2 unspecified atom stereocenters. The van der Waals surface area contributed by atoms with Crippen LogP contribution in [0.2, 0.25) is 0 Å². The predicted octanol–water partition coefficient (Wildman–Crippen LogP) is 1.79. The van der Waals surface area contributed by atoms with E-state index in [2.05, 4.69) is 43.1 Å². The van der Waals surface area contributed by atoms with Gasteiger partial charge >= 0.3 is 0 Å². The SMILES string of the molecule is CCCNC(CC)(CO)CCCN(C)CC1CCN(C)C1.